The van der Waals surface area contributed by atoms with Gasteiger partial charge in [-0.3, -0.25) is 4.79 Å². The summed E-state index contributed by atoms with van der Waals surface area (Å²) >= 11 is 0. The van der Waals surface area contributed by atoms with E-state index in [0.29, 0.717) is 19.6 Å². The molecule has 1 amide bonds. The summed E-state index contributed by atoms with van der Waals surface area (Å²) in [7, 11) is 0.171. The number of hydrogen-bond donors (Lipinski definition) is 1. The van der Waals surface area contributed by atoms with Crippen LogP contribution >= 0.6 is 0 Å². The smallest absolute Gasteiger partial charge is 0.236 e. The number of rotatable bonds is 5. The van der Waals surface area contributed by atoms with Crippen molar-refractivity contribution in [3.63, 3.8) is 0 Å². The molecular weight excluding hydrogens is 342 g/mol. The van der Waals surface area contributed by atoms with Crippen LogP contribution in [0.4, 0.5) is 0 Å². The van der Waals surface area contributed by atoms with Gasteiger partial charge in [0.25, 0.3) is 0 Å². The second-order valence-electron chi connectivity index (χ2n) is 7.29. The standard InChI is InChI=1S/C17H25N3O4S/c1-18(2)9-15(22)19-11-17(12-19)16(13-7-5-4-6-8-13)14(10-21)20(17)25(3,23)24/h4-8,14,16,21H,9-12H2,1-3H3/t14-,16+/m0/s1. The lowest BCUT2D eigenvalue weighted by Crippen LogP contribution is -2.85. The zero-order valence-electron chi connectivity index (χ0n) is 14.8. The van der Waals surface area contributed by atoms with Crippen molar-refractivity contribution >= 4 is 15.9 Å². The third-order valence-electron chi connectivity index (χ3n) is 5.14. The Kier molecular flexibility index (Phi) is 4.65. The molecule has 1 spiro atoms. The third-order valence-corrected chi connectivity index (χ3v) is 6.49. The van der Waals surface area contributed by atoms with Crippen LogP contribution in [0.3, 0.4) is 0 Å². The van der Waals surface area contributed by atoms with Crippen molar-refractivity contribution in [1.82, 2.24) is 14.1 Å². The largest absolute Gasteiger partial charge is 0.395 e. The highest BCUT2D eigenvalue weighted by Crippen LogP contribution is 2.54. The van der Waals surface area contributed by atoms with Crippen molar-refractivity contribution in [1.29, 1.82) is 0 Å². The van der Waals surface area contributed by atoms with E-state index in [1.807, 2.05) is 44.4 Å². The van der Waals surface area contributed by atoms with Crippen LogP contribution in [-0.2, 0) is 14.8 Å². The molecule has 0 radical (unpaired) electrons. The number of nitrogens with zero attached hydrogens (tertiary/aromatic N) is 3. The summed E-state index contributed by atoms with van der Waals surface area (Å²) in [4.78, 5) is 15.8. The molecule has 2 saturated heterocycles. The average molecular weight is 367 g/mol. The van der Waals surface area contributed by atoms with Gasteiger partial charge in [0, 0.05) is 19.0 Å². The number of likely N-dealkylation sites (N-methyl/N-ethyl adjacent to an activating group) is 1. The molecule has 1 aromatic rings. The van der Waals surface area contributed by atoms with Gasteiger partial charge in [-0.15, -0.1) is 0 Å². The molecule has 0 saturated carbocycles. The van der Waals surface area contributed by atoms with Crippen molar-refractivity contribution in [2.75, 3.05) is 46.6 Å². The molecule has 0 aromatic heterocycles. The fourth-order valence-corrected chi connectivity index (χ4v) is 5.89. The number of amides is 1. The first-order chi connectivity index (χ1) is 11.7. The maximum Gasteiger partial charge on any atom is 0.236 e. The summed E-state index contributed by atoms with van der Waals surface area (Å²) in [5.41, 5.74) is 0.353. The SMILES string of the molecule is CN(C)CC(=O)N1CC2(C1)[C@H](c1ccccc1)[C@H](CO)N2S(C)(=O)=O. The average Bonchev–Trinajstić information content (AvgIpc) is 2.43. The van der Waals surface area contributed by atoms with E-state index in [0.717, 1.165) is 5.56 Å². The molecule has 0 bridgehead atoms. The van der Waals surface area contributed by atoms with E-state index in [4.69, 9.17) is 0 Å². The number of carbonyl (C=O) groups excluding carboxylic acids is 1. The Bertz CT molecular complexity index is 744. The lowest BCUT2D eigenvalue weighted by atomic mass is 9.63. The van der Waals surface area contributed by atoms with E-state index in [-0.39, 0.29) is 18.4 Å². The lowest BCUT2D eigenvalue weighted by Gasteiger charge is -2.69. The highest BCUT2D eigenvalue weighted by Gasteiger charge is 2.69. The van der Waals surface area contributed by atoms with Gasteiger partial charge in [0.05, 0.1) is 31.0 Å². The van der Waals surface area contributed by atoms with Crippen LogP contribution in [0.1, 0.15) is 11.5 Å². The highest BCUT2D eigenvalue weighted by molar-refractivity contribution is 7.88. The van der Waals surface area contributed by atoms with Crippen molar-refractivity contribution in [3.8, 4) is 0 Å². The van der Waals surface area contributed by atoms with Crippen LogP contribution in [0.5, 0.6) is 0 Å². The quantitative estimate of drug-likeness (QED) is 0.762. The molecule has 2 aliphatic rings. The molecule has 0 aliphatic carbocycles. The Morgan fingerprint density at radius 2 is 1.88 bits per heavy atom. The van der Waals surface area contributed by atoms with Crippen LogP contribution in [0.2, 0.25) is 0 Å². The molecule has 2 fully saturated rings. The highest BCUT2D eigenvalue weighted by atomic mass is 32.2. The predicted molar refractivity (Wildman–Crippen MR) is 94.6 cm³/mol. The number of hydrogen-bond acceptors (Lipinski definition) is 5. The number of aliphatic hydroxyl groups excluding tert-OH is 1. The summed E-state index contributed by atoms with van der Waals surface area (Å²) in [6, 6.07) is 9.16. The van der Waals surface area contributed by atoms with Gasteiger partial charge in [-0.2, -0.15) is 4.31 Å². The first-order valence-corrected chi connectivity index (χ1v) is 10.1. The zero-order chi connectivity index (χ0) is 18.4. The number of sulfonamides is 1. The van der Waals surface area contributed by atoms with Crippen LogP contribution in [0.15, 0.2) is 30.3 Å². The molecule has 7 nitrogen and oxygen atoms in total. The maximum atomic E-state index is 12.3. The molecule has 1 aromatic carbocycles. The number of likely N-dealkylation sites (tertiary alicyclic amines) is 1. The zero-order valence-corrected chi connectivity index (χ0v) is 15.6. The Hall–Kier alpha value is -1.48. The Morgan fingerprint density at radius 3 is 2.36 bits per heavy atom. The van der Waals surface area contributed by atoms with Crippen molar-refractivity contribution in [2.24, 2.45) is 0 Å². The van der Waals surface area contributed by atoms with Gasteiger partial charge in [-0.25, -0.2) is 8.42 Å². The monoisotopic (exact) mass is 367 g/mol. The van der Waals surface area contributed by atoms with E-state index >= 15 is 0 Å². The van der Waals surface area contributed by atoms with E-state index < -0.39 is 21.6 Å². The maximum absolute atomic E-state index is 12.3. The molecule has 25 heavy (non-hydrogen) atoms. The topological polar surface area (TPSA) is 81.2 Å². The third kappa shape index (κ3) is 2.97. The lowest BCUT2D eigenvalue weighted by molar-refractivity contribution is -0.167. The summed E-state index contributed by atoms with van der Waals surface area (Å²) in [6.07, 6.45) is 1.17. The van der Waals surface area contributed by atoms with E-state index in [9.17, 15) is 18.3 Å². The minimum absolute atomic E-state index is 0.0108. The first-order valence-electron chi connectivity index (χ1n) is 8.28. The molecule has 0 unspecified atom stereocenters. The van der Waals surface area contributed by atoms with Gasteiger partial charge in [-0.1, -0.05) is 30.3 Å². The van der Waals surface area contributed by atoms with Crippen molar-refractivity contribution < 1.29 is 18.3 Å². The van der Waals surface area contributed by atoms with Crippen LogP contribution < -0.4 is 0 Å². The van der Waals surface area contributed by atoms with Gasteiger partial charge in [-0.05, 0) is 19.7 Å². The van der Waals surface area contributed by atoms with Gasteiger partial charge in [0.1, 0.15) is 0 Å². The predicted octanol–water partition coefficient (Wildman–Crippen LogP) is -0.451. The van der Waals surface area contributed by atoms with E-state index in [1.54, 1.807) is 9.80 Å². The molecule has 1 N–H and O–H groups in total. The Balaban J connectivity index is 1.90. The second kappa shape index (κ2) is 6.35. The van der Waals surface area contributed by atoms with Gasteiger partial charge in [0.2, 0.25) is 15.9 Å². The molecule has 8 heteroatoms. The minimum atomic E-state index is -3.48. The Labute approximate surface area is 148 Å². The Morgan fingerprint density at radius 1 is 1.28 bits per heavy atom. The molecule has 2 atom stereocenters. The van der Waals surface area contributed by atoms with Crippen LogP contribution in [0, 0.1) is 0 Å². The second-order valence-corrected chi connectivity index (χ2v) is 9.15. The first kappa shape index (κ1) is 18.3. The van der Waals surface area contributed by atoms with Crippen molar-refractivity contribution in [2.45, 2.75) is 17.5 Å². The van der Waals surface area contributed by atoms with Gasteiger partial charge in [0.15, 0.2) is 0 Å². The fourth-order valence-electron chi connectivity index (χ4n) is 4.32. The number of benzene rings is 1. The van der Waals surface area contributed by atoms with Crippen LogP contribution in [-0.4, -0.2) is 91.7 Å². The summed E-state index contributed by atoms with van der Waals surface area (Å²) in [6.45, 7) is 0.792. The van der Waals surface area contributed by atoms with Gasteiger partial charge >= 0.3 is 0 Å². The molecular formula is C17H25N3O4S. The van der Waals surface area contributed by atoms with Crippen molar-refractivity contribution in [3.05, 3.63) is 35.9 Å². The summed E-state index contributed by atoms with van der Waals surface area (Å²) in [5, 5.41) is 9.80. The van der Waals surface area contributed by atoms with E-state index in [1.165, 1.54) is 10.6 Å². The van der Waals surface area contributed by atoms with E-state index in [2.05, 4.69) is 0 Å². The molecule has 2 heterocycles. The number of aliphatic hydroxyl groups is 1. The molecule has 2 aliphatic heterocycles. The summed E-state index contributed by atoms with van der Waals surface area (Å²) < 4.78 is 26.1. The fraction of sp³-hybridized carbons (Fsp3) is 0.588. The summed E-state index contributed by atoms with van der Waals surface area (Å²) in [5.74, 6) is -0.125. The minimum Gasteiger partial charge on any atom is -0.395 e. The van der Waals surface area contributed by atoms with Crippen LogP contribution in [0.25, 0.3) is 0 Å². The van der Waals surface area contributed by atoms with Gasteiger partial charge < -0.3 is 14.9 Å². The molecule has 3 rings (SSSR count). The molecule has 138 valence electrons. The number of carbonyl (C=O) groups is 1. The normalized spacial score (nSPS) is 25.7.